The van der Waals surface area contributed by atoms with Crippen molar-refractivity contribution in [3.05, 3.63) is 45.7 Å². The summed E-state index contributed by atoms with van der Waals surface area (Å²) in [7, 11) is 0. The molecular formula is C12H11FN2OS. The van der Waals surface area contributed by atoms with Crippen LogP contribution in [0.5, 0.6) is 0 Å². The highest BCUT2D eigenvalue weighted by Crippen LogP contribution is 2.17. The van der Waals surface area contributed by atoms with Gasteiger partial charge in [0.25, 0.3) is 0 Å². The molecular weight excluding hydrogens is 239 g/mol. The summed E-state index contributed by atoms with van der Waals surface area (Å²) >= 11 is 1.48. The highest BCUT2D eigenvalue weighted by molar-refractivity contribution is 7.09. The summed E-state index contributed by atoms with van der Waals surface area (Å²) in [5.74, 6) is -0.677. The van der Waals surface area contributed by atoms with Gasteiger partial charge in [0.2, 0.25) is 0 Å². The molecule has 88 valence electrons. The molecule has 1 heterocycles. The van der Waals surface area contributed by atoms with E-state index in [2.05, 4.69) is 4.98 Å². The van der Waals surface area contributed by atoms with E-state index in [1.807, 2.05) is 12.3 Å². The first-order chi connectivity index (χ1) is 8.06. The fourth-order valence-corrected chi connectivity index (χ4v) is 2.13. The summed E-state index contributed by atoms with van der Waals surface area (Å²) in [6, 6.07) is 3.80. The van der Waals surface area contributed by atoms with E-state index >= 15 is 0 Å². The number of anilines is 1. The van der Waals surface area contributed by atoms with Crippen LogP contribution in [0.25, 0.3) is 0 Å². The zero-order valence-electron chi connectivity index (χ0n) is 9.24. The largest absolute Gasteiger partial charge is 0.398 e. The molecule has 3 nitrogen and oxygen atoms in total. The van der Waals surface area contributed by atoms with E-state index in [0.29, 0.717) is 11.4 Å². The van der Waals surface area contributed by atoms with Gasteiger partial charge in [0.1, 0.15) is 5.82 Å². The van der Waals surface area contributed by atoms with Crippen molar-refractivity contribution in [3.8, 4) is 0 Å². The van der Waals surface area contributed by atoms with Crippen molar-refractivity contribution in [2.45, 2.75) is 13.3 Å². The van der Waals surface area contributed by atoms with E-state index < -0.39 is 5.82 Å². The Hall–Kier alpha value is -1.75. The fraction of sp³-hybridized carbons (Fsp3) is 0.167. The first-order valence-corrected chi connectivity index (χ1v) is 5.93. The van der Waals surface area contributed by atoms with Gasteiger partial charge >= 0.3 is 0 Å². The van der Waals surface area contributed by atoms with Crippen LogP contribution in [0.3, 0.4) is 0 Å². The summed E-state index contributed by atoms with van der Waals surface area (Å²) in [4.78, 5) is 16.1. The Bertz CT molecular complexity index is 565. The number of halogens is 1. The maximum absolute atomic E-state index is 13.0. The summed E-state index contributed by atoms with van der Waals surface area (Å²) in [6.45, 7) is 1.87. The van der Waals surface area contributed by atoms with Crippen molar-refractivity contribution < 1.29 is 9.18 Å². The predicted octanol–water partition coefficient (Wildman–Crippen LogP) is 2.60. The summed E-state index contributed by atoms with van der Waals surface area (Å²) < 4.78 is 13.0. The second-order valence-electron chi connectivity index (χ2n) is 3.69. The zero-order chi connectivity index (χ0) is 12.4. The van der Waals surface area contributed by atoms with Gasteiger partial charge in [-0.1, -0.05) is 0 Å². The van der Waals surface area contributed by atoms with Crippen molar-refractivity contribution >= 4 is 22.8 Å². The maximum atomic E-state index is 13.0. The molecule has 0 aliphatic rings. The van der Waals surface area contributed by atoms with Crippen LogP contribution in [0.15, 0.2) is 23.6 Å². The number of hydrogen-bond acceptors (Lipinski definition) is 4. The molecule has 0 unspecified atom stereocenters. The minimum atomic E-state index is -0.461. The molecule has 2 rings (SSSR count). The van der Waals surface area contributed by atoms with Crippen LogP contribution in [0.1, 0.15) is 21.1 Å². The monoisotopic (exact) mass is 250 g/mol. The molecule has 0 saturated heterocycles. The van der Waals surface area contributed by atoms with Gasteiger partial charge in [0.15, 0.2) is 5.78 Å². The van der Waals surface area contributed by atoms with Crippen molar-refractivity contribution in [2.75, 3.05) is 5.73 Å². The number of thiazole rings is 1. The van der Waals surface area contributed by atoms with Crippen LogP contribution >= 0.6 is 11.3 Å². The number of ketones is 1. The topological polar surface area (TPSA) is 56.0 Å². The van der Waals surface area contributed by atoms with Crippen LogP contribution in [0.4, 0.5) is 10.1 Å². The molecule has 0 saturated carbocycles. The van der Waals surface area contributed by atoms with Gasteiger partial charge in [-0.3, -0.25) is 4.79 Å². The molecule has 17 heavy (non-hydrogen) atoms. The highest BCUT2D eigenvalue weighted by Gasteiger charge is 2.13. The molecule has 0 bridgehead atoms. The van der Waals surface area contributed by atoms with Crippen LogP contribution in [-0.4, -0.2) is 10.8 Å². The molecule has 0 spiro atoms. The quantitative estimate of drug-likeness (QED) is 0.673. The second-order valence-corrected chi connectivity index (χ2v) is 4.75. The van der Waals surface area contributed by atoms with Crippen LogP contribution in [0.2, 0.25) is 0 Å². The first-order valence-electron chi connectivity index (χ1n) is 5.05. The number of carbonyl (C=O) groups is 1. The van der Waals surface area contributed by atoms with E-state index in [9.17, 15) is 9.18 Å². The molecule has 1 aromatic heterocycles. The van der Waals surface area contributed by atoms with Gasteiger partial charge in [-0.2, -0.15) is 0 Å². The van der Waals surface area contributed by atoms with Gasteiger partial charge in [0, 0.05) is 16.6 Å². The number of Topliss-reactive ketones (excluding diaryl/α,β-unsaturated/α-hetero) is 1. The minimum Gasteiger partial charge on any atom is -0.398 e. The SMILES string of the molecule is Cc1nc(CC(=O)c2cc(F)ccc2N)cs1. The average molecular weight is 250 g/mol. The zero-order valence-corrected chi connectivity index (χ0v) is 10.1. The third-order valence-corrected chi connectivity index (χ3v) is 3.15. The van der Waals surface area contributed by atoms with Gasteiger partial charge in [0.05, 0.1) is 17.1 Å². The number of hydrogen-bond donors (Lipinski definition) is 1. The van der Waals surface area contributed by atoms with E-state index in [0.717, 1.165) is 11.1 Å². The number of nitrogen functional groups attached to an aromatic ring is 1. The third-order valence-electron chi connectivity index (χ3n) is 2.32. The van der Waals surface area contributed by atoms with Gasteiger partial charge in [-0.25, -0.2) is 9.37 Å². The Labute approximate surface area is 102 Å². The molecule has 2 aromatic rings. The van der Waals surface area contributed by atoms with E-state index in [-0.39, 0.29) is 17.8 Å². The van der Waals surface area contributed by atoms with Crippen molar-refractivity contribution in [2.24, 2.45) is 0 Å². The van der Waals surface area contributed by atoms with Crippen LogP contribution in [0, 0.1) is 12.7 Å². The molecule has 0 amide bonds. The lowest BCUT2D eigenvalue weighted by molar-refractivity contribution is 0.0992. The van der Waals surface area contributed by atoms with Crippen molar-refractivity contribution in [3.63, 3.8) is 0 Å². The average Bonchev–Trinajstić information content (AvgIpc) is 2.67. The Morgan fingerprint density at radius 2 is 2.29 bits per heavy atom. The number of aromatic nitrogens is 1. The molecule has 2 N–H and O–H groups in total. The molecule has 0 radical (unpaired) electrons. The van der Waals surface area contributed by atoms with E-state index in [1.165, 1.54) is 23.5 Å². The summed E-state index contributed by atoms with van der Waals surface area (Å²) in [6.07, 6.45) is 0.151. The first kappa shape index (κ1) is 11.7. The fourth-order valence-electron chi connectivity index (χ4n) is 1.52. The number of nitrogens with two attached hydrogens (primary N) is 1. The molecule has 0 aliphatic heterocycles. The standard InChI is InChI=1S/C12H11FN2OS/c1-7-15-9(6-17-7)5-12(16)10-4-8(13)2-3-11(10)14/h2-4,6H,5,14H2,1H3. The van der Waals surface area contributed by atoms with Crippen LogP contribution in [-0.2, 0) is 6.42 Å². The summed E-state index contributed by atoms with van der Waals surface area (Å²) in [5, 5.41) is 2.72. The van der Waals surface area contributed by atoms with E-state index in [1.54, 1.807) is 0 Å². The lowest BCUT2D eigenvalue weighted by atomic mass is 10.1. The van der Waals surface area contributed by atoms with Gasteiger partial charge in [-0.05, 0) is 25.1 Å². The van der Waals surface area contributed by atoms with Crippen molar-refractivity contribution in [1.82, 2.24) is 4.98 Å². The normalized spacial score (nSPS) is 10.5. The number of nitrogens with zero attached hydrogens (tertiary/aromatic N) is 1. The molecule has 0 fully saturated rings. The number of aryl methyl sites for hydroxylation is 1. The summed E-state index contributed by atoms with van der Waals surface area (Å²) in [5.41, 5.74) is 6.85. The minimum absolute atomic E-state index is 0.151. The Morgan fingerprint density at radius 3 is 2.94 bits per heavy atom. The van der Waals surface area contributed by atoms with Gasteiger partial charge in [-0.15, -0.1) is 11.3 Å². The lowest BCUT2D eigenvalue weighted by Crippen LogP contribution is -2.07. The molecule has 1 aromatic carbocycles. The Morgan fingerprint density at radius 1 is 1.53 bits per heavy atom. The van der Waals surface area contributed by atoms with Crippen LogP contribution < -0.4 is 5.73 Å². The number of carbonyl (C=O) groups excluding carboxylic acids is 1. The maximum Gasteiger partial charge on any atom is 0.171 e. The second kappa shape index (κ2) is 4.63. The Kier molecular flexibility index (Phi) is 3.19. The van der Waals surface area contributed by atoms with Crippen molar-refractivity contribution in [1.29, 1.82) is 0 Å². The molecule has 0 aliphatic carbocycles. The smallest absolute Gasteiger partial charge is 0.171 e. The highest BCUT2D eigenvalue weighted by atomic mass is 32.1. The van der Waals surface area contributed by atoms with Gasteiger partial charge < -0.3 is 5.73 Å². The number of rotatable bonds is 3. The molecule has 5 heteroatoms. The van der Waals surface area contributed by atoms with E-state index in [4.69, 9.17) is 5.73 Å². The Balaban J connectivity index is 2.22. The number of benzene rings is 1. The predicted molar refractivity (Wildman–Crippen MR) is 65.7 cm³/mol. The molecule has 0 atom stereocenters. The third kappa shape index (κ3) is 2.68. The lowest BCUT2D eigenvalue weighted by Gasteiger charge is -2.03.